The molecule has 0 aliphatic heterocycles. The molecule has 150 valence electrons. The second-order valence-corrected chi connectivity index (χ2v) is 10.0. The van der Waals surface area contributed by atoms with Crippen molar-refractivity contribution in [2.75, 3.05) is 0 Å². The normalized spacial score (nSPS) is 11.0. The first kappa shape index (κ1) is 20.7. The van der Waals surface area contributed by atoms with Crippen LogP contribution < -0.4 is 5.30 Å². The molecule has 1 heterocycles. The van der Waals surface area contributed by atoms with E-state index in [-0.39, 0.29) is 0 Å². The van der Waals surface area contributed by atoms with Crippen LogP contribution in [-0.2, 0) is 0 Å². The van der Waals surface area contributed by atoms with Gasteiger partial charge >= 0.3 is 0 Å². The maximum Gasteiger partial charge on any atom is 0.0702 e. The average molecular weight is 547 g/mol. The first-order valence-electron chi connectivity index (χ1n) is 9.95. The molecule has 1 aromatic heterocycles. The second-order valence-electron chi connectivity index (χ2n) is 7.43. The van der Waals surface area contributed by atoms with E-state index in [1.165, 1.54) is 37.7 Å². The highest BCUT2D eigenvalue weighted by atomic mass is 127. The summed E-state index contributed by atoms with van der Waals surface area (Å²) >= 11 is 2.32. The zero-order valence-electron chi connectivity index (χ0n) is 16.6. The van der Waals surface area contributed by atoms with Gasteiger partial charge in [-0.05, 0) is 63.1 Å². The summed E-state index contributed by atoms with van der Waals surface area (Å²) in [5, 5.41) is 3.66. The molecule has 0 fully saturated rings. The molecule has 0 saturated heterocycles. The van der Waals surface area contributed by atoms with Crippen molar-refractivity contribution < 1.29 is 0 Å². The van der Waals surface area contributed by atoms with Crippen LogP contribution in [0.1, 0.15) is 0 Å². The Kier molecular flexibility index (Phi) is 6.08. The highest BCUT2D eigenvalue weighted by Crippen LogP contribution is 2.31. The molecule has 1 nitrogen and oxygen atoms in total. The smallest absolute Gasteiger partial charge is 0.0702 e. The predicted octanol–water partition coefficient (Wildman–Crippen LogP) is 8.18. The Labute approximate surface area is 201 Å². The van der Waals surface area contributed by atoms with Gasteiger partial charge in [-0.25, -0.2) is 0 Å². The van der Waals surface area contributed by atoms with Crippen LogP contribution in [0.25, 0.3) is 44.3 Å². The lowest BCUT2D eigenvalue weighted by molar-refractivity contribution is 1.33. The van der Waals surface area contributed by atoms with E-state index >= 15 is 0 Å². The molecule has 0 amide bonds. The van der Waals surface area contributed by atoms with Gasteiger partial charge in [-0.2, -0.15) is 0 Å². The molecule has 0 aliphatic rings. The minimum Gasteiger partial charge on any atom is -0.256 e. The van der Waals surface area contributed by atoms with Crippen LogP contribution in [0.15, 0.2) is 108 Å². The summed E-state index contributed by atoms with van der Waals surface area (Å²) in [5.74, 6) is 0. The third kappa shape index (κ3) is 4.55. The van der Waals surface area contributed by atoms with Crippen molar-refractivity contribution in [2.24, 2.45) is 0 Å². The lowest BCUT2D eigenvalue weighted by Crippen LogP contribution is -1.90. The summed E-state index contributed by atoms with van der Waals surface area (Å²) in [4.78, 5) is 5.98. The Balaban J connectivity index is 1.47. The van der Waals surface area contributed by atoms with Gasteiger partial charge in [-0.3, -0.25) is 4.98 Å². The van der Waals surface area contributed by atoms with Crippen LogP contribution in [0.3, 0.4) is 0 Å². The van der Waals surface area contributed by atoms with Crippen LogP contribution in [0, 0.1) is 0 Å². The lowest BCUT2D eigenvalue weighted by Gasteiger charge is -2.08. The van der Waals surface area contributed by atoms with E-state index < -0.39 is 0 Å². The zero-order valence-corrected chi connectivity index (χ0v) is 20.8. The molecule has 0 spiro atoms. The summed E-state index contributed by atoms with van der Waals surface area (Å²) in [7, 11) is 4.45. The molecule has 0 bridgehead atoms. The number of pyridine rings is 1. The first-order valence-corrected chi connectivity index (χ1v) is 13.9. The van der Waals surface area contributed by atoms with Gasteiger partial charge in [-0.1, -0.05) is 75.7 Å². The quantitative estimate of drug-likeness (QED) is 0.166. The minimum absolute atomic E-state index is 0.991. The summed E-state index contributed by atoms with van der Waals surface area (Å²) in [6.45, 7) is 0. The Bertz CT molecular complexity index is 1350. The van der Waals surface area contributed by atoms with Gasteiger partial charge < -0.3 is 0 Å². The molecule has 4 aromatic carbocycles. The van der Waals surface area contributed by atoms with Gasteiger partial charge in [0.25, 0.3) is 0 Å². The molecule has 0 saturated carbocycles. The molecule has 5 rings (SSSR count). The topological polar surface area (TPSA) is 12.9 Å². The molecule has 4 heteroatoms. The molecule has 31 heavy (non-hydrogen) atoms. The fourth-order valence-corrected chi connectivity index (χ4v) is 5.01. The molecular weight excluding hydrogens is 528 g/mol. The Morgan fingerprint density at radius 1 is 0.581 bits per heavy atom. The SMILES string of the molecule is Pc1ccc(-c2ccc(-c3ccc4ccc(-c5ccc(SI)cc5)cc4c3)cn2)cc1. The minimum atomic E-state index is 0.991. The van der Waals surface area contributed by atoms with Crippen molar-refractivity contribution in [3.05, 3.63) is 103 Å². The first-order chi connectivity index (χ1) is 15.2. The Hall–Kier alpha value is -2.20. The average Bonchev–Trinajstić information content (AvgIpc) is 2.84. The number of nitrogens with zero attached hydrogens (tertiary/aromatic N) is 1. The summed E-state index contributed by atoms with van der Waals surface area (Å²) in [6, 6.07) is 34.7. The third-order valence-electron chi connectivity index (χ3n) is 5.42. The van der Waals surface area contributed by atoms with Gasteiger partial charge in [0.05, 0.1) is 5.69 Å². The van der Waals surface area contributed by atoms with Crippen LogP contribution in [-0.4, -0.2) is 4.98 Å². The second kappa shape index (κ2) is 9.12. The summed E-state index contributed by atoms with van der Waals surface area (Å²) in [6.07, 6.45) is 1.97. The number of benzene rings is 4. The monoisotopic (exact) mass is 547 g/mol. The van der Waals surface area contributed by atoms with E-state index in [0.717, 1.165) is 16.8 Å². The van der Waals surface area contributed by atoms with Crippen LogP contribution in [0.2, 0.25) is 0 Å². The van der Waals surface area contributed by atoms with Gasteiger partial charge in [0, 0.05) is 43.4 Å². The van der Waals surface area contributed by atoms with E-state index in [1.54, 1.807) is 8.93 Å². The molecule has 0 N–H and O–H groups in total. The highest BCUT2D eigenvalue weighted by Gasteiger charge is 2.05. The Morgan fingerprint density at radius 3 is 1.77 bits per heavy atom. The largest absolute Gasteiger partial charge is 0.256 e. The summed E-state index contributed by atoms with van der Waals surface area (Å²) < 4.78 is 0. The maximum atomic E-state index is 4.71. The van der Waals surface area contributed by atoms with Gasteiger partial charge in [-0.15, -0.1) is 9.24 Å². The number of hydrogen-bond acceptors (Lipinski definition) is 2. The number of rotatable bonds is 4. The highest BCUT2D eigenvalue weighted by molar-refractivity contribution is 14.2. The number of aromatic nitrogens is 1. The lowest BCUT2D eigenvalue weighted by atomic mass is 9.98. The van der Waals surface area contributed by atoms with Crippen LogP contribution in [0.5, 0.6) is 0 Å². The van der Waals surface area contributed by atoms with Gasteiger partial charge in [0.2, 0.25) is 0 Å². The molecule has 1 atom stereocenters. The van der Waals surface area contributed by atoms with Crippen molar-refractivity contribution in [3.63, 3.8) is 0 Å². The van der Waals surface area contributed by atoms with Crippen molar-refractivity contribution in [2.45, 2.75) is 4.90 Å². The van der Waals surface area contributed by atoms with E-state index in [9.17, 15) is 0 Å². The van der Waals surface area contributed by atoms with Gasteiger partial charge in [0.15, 0.2) is 0 Å². The summed E-state index contributed by atoms with van der Waals surface area (Å²) in [5.41, 5.74) is 6.91. The van der Waals surface area contributed by atoms with Gasteiger partial charge in [0.1, 0.15) is 0 Å². The Morgan fingerprint density at radius 2 is 1.16 bits per heavy atom. The van der Waals surface area contributed by atoms with Crippen molar-refractivity contribution in [3.8, 4) is 33.5 Å². The number of fused-ring (bicyclic) bond motifs is 1. The van der Waals surface area contributed by atoms with Crippen molar-refractivity contribution >= 4 is 55.5 Å². The molecular formula is C27H19INPS. The maximum absolute atomic E-state index is 4.71. The fraction of sp³-hybridized carbons (Fsp3) is 0. The fourth-order valence-electron chi connectivity index (χ4n) is 3.69. The number of hydrogen-bond donors (Lipinski definition) is 0. The predicted molar refractivity (Wildman–Crippen MR) is 147 cm³/mol. The van der Waals surface area contributed by atoms with Crippen LogP contribution in [0.4, 0.5) is 0 Å². The molecule has 0 radical (unpaired) electrons. The molecule has 0 aliphatic carbocycles. The zero-order chi connectivity index (χ0) is 21.2. The third-order valence-corrected chi connectivity index (χ3v) is 7.78. The standard InChI is InChI=1S/C27H19INPS/c28-31-26-12-7-18(8-13-26)21-3-1-19-2-4-22(16-24(19)15-21)23-9-14-27(29-17-23)20-5-10-25(30)11-6-20/h1-17H,30H2. The van der Waals surface area contributed by atoms with E-state index in [2.05, 4.69) is 128 Å². The van der Waals surface area contributed by atoms with Crippen LogP contribution >= 0.6 is 39.4 Å². The van der Waals surface area contributed by atoms with E-state index in [4.69, 9.17) is 4.98 Å². The van der Waals surface area contributed by atoms with Crippen molar-refractivity contribution in [1.29, 1.82) is 0 Å². The molecule has 1 unspecified atom stereocenters. The van der Waals surface area contributed by atoms with Crippen molar-refractivity contribution in [1.82, 2.24) is 4.98 Å². The van der Waals surface area contributed by atoms with E-state index in [1.807, 2.05) is 6.20 Å². The van der Waals surface area contributed by atoms with E-state index in [0.29, 0.717) is 0 Å². The number of halogens is 1. The molecule has 5 aromatic rings.